The molecule has 3 rings (SSSR count). The van der Waals surface area contributed by atoms with Crippen LogP contribution in [0.4, 0.5) is 5.69 Å². The molecular weight excluding hydrogens is 264 g/mol. The number of likely N-dealkylation sites (tertiary alicyclic amines) is 1. The summed E-state index contributed by atoms with van der Waals surface area (Å²) in [5.41, 5.74) is 8.52. The first-order chi connectivity index (χ1) is 10.1. The number of hydrogen-bond donors (Lipinski definition) is 2. The van der Waals surface area contributed by atoms with E-state index in [-0.39, 0.29) is 6.10 Å². The summed E-state index contributed by atoms with van der Waals surface area (Å²) in [6.07, 6.45) is 6.37. The molecular formula is C16H28N4O. The molecule has 1 saturated carbocycles. The molecule has 0 radical (unpaired) electrons. The van der Waals surface area contributed by atoms with Crippen LogP contribution in [0.15, 0.2) is 0 Å². The Balaban J connectivity index is 1.59. The molecule has 1 aromatic rings. The maximum absolute atomic E-state index is 10.4. The van der Waals surface area contributed by atoms with E-state index in [9.17, 15) is 5.11 Å². The molecule has 0 aromatic carbocycles. The second-order valence-electron chi connectivity index (χ2n) is 6.82. The van der Waals surface area contributed by atoms with Gasteiger partial charge in [-0.25, -0.2) is 0 Å². The SMILES string of the molecule is Cc1nn(CC(O)CN2CCC3CCCCC32)c(C)c1N. The van der Waals surface area contributed by atoms with Gasteiger partial charge in [0.05, 0.1) is 29.7 Å². The van der Waals surface area contributed by atoms with Crippen LogP contribution >= 0.6 is 0 Å². The van der Waals surface area contributed by atoms with Crippen molar-refractivity contribution in [2.45, 2.75) is 64.6 Å². The van der Waals surface area contributed by atoms with Crippen LogP contribution in [0.1, 0.15) is 43.5 Å². The molecule has 5 nitrogen and oxygen atoms in total. The lowest BCUT2D eigenvalue weighted by atomic mass is 9.85. The van der Waals surface area contributed by atoms with Crippen molar-refractivity contribution < 1.29 is 5.11 Å². The molecule has 2 fully saturated rings. The van der Waals surface area contributed by atoms with E-state index in [1.165, 1.54) is 32.1 Å². The van der Waals surface area contributed by atoms with Crippen molar-refractivity contribution in [2.24, 2.45) is 5.92 Å². The van der Waals surface area contributed by atoms with Gasteiger partial charge in [0.25, 0.3) is 0 Å². The van der Waals surface area contributed by atoms with Crippen molar-refractivity contribution in [3.63, 3.8) is 0 Å². The van der Waals surface area contributed by atoms with Gasteiger partial charge in [0.15, 0.2) is 0 Å². The molecule has 21 heavy (non-hydrogen) atoms. The lowest BCUT2D eigenvalue weighted by molar-refractivity contribution is 0.0754. The zero-order valence-electron chi connectivity index (χ0n) is 13.3. The highest BCUT2D eigenvalue weighted by Crippen LogP contribution is 2.36. The summed E-state index contributed by atoms with van der Waals surface area (Å²) in [6, 6.07) is 0.707. The Labute approximate surface area is 127 Å². The van der Waals surface area contributed by atoms with Crippen LogP contribution in [-0.4, -0.2) is 45.0 Å². The predicted molar refractivity (Wildman–Crippen MR) is 84.1 cm³/mol. The average molecular weight is 292 g/mol. The van der Waals surface area contributed by atoms with Crippen LogP contribution in [0.25, 0.3) is 0 Å². The van der Waals surface area contributed by atoms with Crippen LogP contribution in [-0.2, 0) is 6.54 Å². The number of nitrogens with two attached hydrogens (primary N) is 1. The number of hydrogen-bond acceptors (Lipinski definition) is 4. The van der Waals surface area contributed by atoms with Crippen LogP contribution in [0.5, 0.6) is 0 Å². The number of nitrogen functional groups attached to an aromatic ring is 1. The van der Waals surface area contributed by atoms with E-state index in [1.54, 1.807) is 0 Å². The fourth-order valence-electron chi connectivity index (χ4n) is 4.15. The number of anilines is 1. The van der Waals surface area contributed by atoms with Crippen molar-refractivity contribution in [3.8, 4) is 0 Å². The van der Waals surface area contributed by atoms with Gasteiger partial charge < -0.3 is 10.8 Å². The largest absolute Gasteiger partial charge is 0.396 e. The van der Waals surface area contributed by atoms with E-state index < -0.39 is 0 Å². The molecule has 3 unspecified atom stereocenters. The summed E-state index contributed by atoms with van der Waals surface area (Å²) in [7, 11) is 0. The van der Waals surface area contributed by atoms with Gasteiger partial charge in [-0.1, -0.05) is 12.8 Å². The molecule has 3 N–H and O–H groups in total. The van der Waals surface area contributed by atoms with Crippen molar-refractivity contribution in [1.82, 2.24) is 14.7 Å². The molecule has 118 valence electrons. The number of fused-ring (bicyclic) bond motifs is 1. The van der Waals surface area contributed by atoms with Gasteiger partial charge in [-0.2, -0.15) is 5.10 Å². The zero-order valence-corrected chi connectivity index (χ0v) is 13.3. The first kappa shape index (κ1) is 14.9. The van der Waals surface area contributed by atoms with Gasteiger partial charge >= 0.3 is 0 Å². The van der Waals surface area contributed by atoms with Gasteiger partial charge in [0.1, 0.15) is 0 Å². The quantitative estimate of drug-likeness (QED) is 0.886. The smallest absolute Gasteiger partial charge is 0.0862 e. The minimum Gasteiger partial charge on any atom is -0.396 e. The minimum atomic E-state index is -0.372. The lowest BCUT2D eigenvalue weighted by Gasteiger charge is -2.32. The third-order valence-corrected chi connectivity index (χ3v) is 5.39. The van der Waals surface area contributed by atoms with Gasteiger partial charge in [-0.15, -0.1) is 0 Å². The molecule has 0 spiro atoms. The van der Waals surface area contributed by atoms with E-state index in [4.69, 9.17) is 5.73 Å². The highest BCUT2D eigenvalue weighted by atomic mass is 16.3. The van der Waals surface area contributed by atoms with Gasteiger partial charge in [0, 0.05) is 12.6 Å². The maximum Gasteiger partial charge on any atom is 0.0862 e. The van der Waals surface area contributed by atoms with Crippen molar-refractivity contribution in [1.29, 1.82) is 0 Å². The zero-order chi connectivity index (χ0) is 15.0. The summed E-state index contributed by atoms with van der Waals surface area (Å²) >= 11 is 0. The van der Waals surface area contributed by atoms with Crippen LogP contribution < -0.4 is 5.73 Å². The highest BCUT2D eigenvalue weighted by Gasteiger charge is 2.36. The Bertz CT molecular complexity index is 499. The molecule has 3 atom stereocenters. The van der Waals surface area contributed by atoms with E-state index in [2.05, 4.69) is 10.00 Å². The third-order valence-electron chi connectivity index (χ3n) is 5.39. The number of rotatable bonds is 4. The third kappa shape index (κ3) is 2.94. The topological polar surface area (TPSA) is 67.3 Å². The summed E-state index contributed by atoms with van der Waals surface area (Å²) in [5, 5.41) is 14.9. The monoisotopic (exact) mass is 292 g/mol. The summed E-state index contributed by atoms with van der Waals surface area (Å²) in [5.74, 6) is 0.871. The van der Waals surface area contributed by atoms with Crippen LogP contribution in [0.3, 0.4) is 0 Å². The predicted octanol–water partition coefficient (Wildman–Crippen LogP) is 1.71. The van der Waals surface area contributed by atoms with Crippen molar-refractivity contribution >= 4 is 5.69 Å². The second kappa shape index (κ2) is 5.97. The molecule has 1 saturated heterocycles. The van der Waals surface area contributed by atoms with Crippen molar-refractivity contribution in [2.75, 3.05) is 18.8 Å². The second-order valence-corrected chi connectivity index (χ2v) is 6.82. The first-order valence-electron chi connectivity index (χ1n) is 8.28. The molecule has 2 heterocycles. The summed E-state index contributed by atoms with van der Waals surface area (Å²) in [4.78, 5) is 2.50. The first-order valence-corrected chi connectivity index (χ1v) is 8.28. The normalized spacial score (nSPS) is 27.8. The van der Waals surface area contributed by atoms with E-state index >= 15 is 0 Å². The number of aliphatic hydroxyl groups is 1. The molecule has 0 bridgehead atoms. The number of aliphatic hydroxyl groups excluding tert-OH is 1. The molecule has 1 aliphatic carbocycles. The number of aryl methyl sites for hydroxylation is 1. The summed E-state index contributed by atoms with van der Waals surface area (Å²) in [6.45, 7) is 6.33. The van der Waals surface area contributed by atoms with E-state index in [1.807, 2.05) is 18.5 Å². The molecule has 1 aromatic heterocycles. The Kier molecular flexibility index (Phi) is 4.22. The molecule has 5 heteroatoms. The number of nitrogens with zero attached hydrogens (tertiary/aromatic N) is 3. The van der Waals surface area contributed by atoms with Gasteiger partial charge in [0.2, 0.25) is 0 Å². The van der Waals surface area contributed by atoms with Crippen molar-refractivity contribution in [3.05, 3.63) is 11.4 Å². The van der Waals surface area contributed by atoms with E-state index in [0.29, 0.717) is 12.6 Å². The molecule has 0 amide bonds. The fraction of sp³-hybridized carbons (Fsp3) is 0.812. The Morgan fingerprint density at radius 1 is 1.24 bits per heavy atom. The number of aromatic nitrogens is 2. The van der Waals surface area contributed by atoms with Gasteiger partial charge in [-0.05, 0) is 45.6 Å². The van der Waals surface area contributed by atoms with Gasteiger partial charge in [-0.3, -0.25) is 9.58 Å². The molecule has 2 aliphatic rings. The fourth-order valence-corrected chi connectivity index (χ4v) is 4.15. The number of β-amino-alcohol motifs (C(OH)–C–C–N with tert-alkyl or cyclic N) is 1. The highest BCUT2D eigenvalue weighted by molar-refractivity contribution is 5.46. The Hall–Kier alpha value is -1.07. The Morgan fingerprint density at radius 2 is 2.00 bits per heavy atom. The minimum absolute atomic E-state index is 0.372. The molecule has 1 aliphatic heterocycles. The summed E-state index contributed by atoms with van der Waals surface area (Å²) < 4.78 is 1.85. The average Bonchev–Trinajstić information content (AvgIpc) is 2.97. The maximum atomic E-state index is 10.4. The van der Waals surface area contributed by atoms with Crippen LogP contribution in [0.2, 0.25) is 0 Å². The Morgan fingerprint density at radius 3 is 2.71 bits per heavy atom. The van der Waals surface area contributed by atoms with E-state index in [0.717, 1.165) is 36.1 Å². The standard InChI is InChI=1S/C16H28N4O/c1-11-16(17)12(2)20(18-11)10-14(21)9-19-8-7-13-5-3-4-6-15(13)19/h13-15,21H,3-10,17H2,1-2H3. The van der Waals surface area contributed by atoms with Crippen LogP contribution in [0, 0.1) is 19.8 Å². The lowest BCUT2D eigenvalue weighted by Crippen LogP contribution is -2.40.